The standard InChI is InChI=1S/C17H24N2O/c1-13-7-5-6-10-15(13)12-19-16(20)11-18-17(19)14-8-3-2-4-9-14/h2-4,8-9,13,15,17-18H,5-7,10-12H2,1H3. The van der Waals surface area contributed by atoms with Crippen LogP contribution in [0, 0.1) is 11.8 Å². The lowest BCUT2D eigenvalue weighted by Gasteiger charge is -2.34. The largest absolute Gasteiger partial charge is 0.322 e. The van der Waals surface area contributed by atoms with E-state index in [0.717, 1.165) is 12.5 Å². The van der Waals surface area contributed by atoms with Gasteiger partial charge in [-0.3, -0.25) is 10.1 Å². The summed E-state index contributed by atoms with van der Waals surface area (Å²) in [5, 5.41) is 3.35. The minimum Gasteiger partial charge on any atom is -0.322 e. The topological polar surface area (TPSA) is 32.3 Å². The maximum atomic E-state index is 12.2. The van der Waals surface area contributed by atoms with Crippen LogP contribution in [0.15, 0.2) is 30.3 Å². The molecule has 1 saturated carbocycles. The fourth-order valence-corrected chi connectivity index (χ4v) is 3.60. The Kier molecular flexibility index (Phi) is 4.06. The molecule has 3 rings (SSSR count). The highest BCUT2D eigenvalue weighted by Gasteiger charge is 2.34. The first-order chi connectivity index (χ1) is 9.75. The van der Waals surface area contributed by atoms with Gasteiger partial charge in [-0.05, 0) is 23.8 Å². The zero-order chi connectivity index (χ0) is 13.9. The van der Waals surface area contributed by atoms with Gasteiger partial charge in [0, 0.05) is 6.54 Å². The van der Waals surface area contributed by atoms with Gasteiger partial charge in [-0.15, -0.1) is 0 Å². The number of rotatable bonds is 3. The van der Waals surface area contributed by atoms with Gasteiger partial charge in [-0.2, -0.15) is 0 Å². The molecule has 1 saturated heterocycles. The van der Waals surface area contributed by atoms with Crippen LogP contribution in [0.25, 0.3) is 0 Å². The van der Waals surface area contributed by atoms with Crippen molar-refractivity contribution in [3.8, 4) is 0 Å². The number of carbonyl (C=O) groups is 1. The summed E-state index contributed by atoms with van der Waals surface area (Å²) < 4.78 is 0. The molecular formula is C17H24N2O. The molecule has 0 aromatic heterocycles. The lowest BCUT2D eigenvalue weighted by Crippen LogP contribution is -2.37. The van der Waals surface area contributed by atoms with Gasteiger partial charge in [-0.1, -0.05) is 56.5 Å². The molecule has 108 valence electrons. The van der Waals surface area contributed by atoms with Crippen LogP contribution in [0.3, 0.4) is 0 Å². The molecule has 2 aliphatic rings. The zero-order valence-electron chi connectivity index (χ0n) is 12.2. The molecule has 1 aromatic carbocycles. The van der Waals surface area contributed by atoms with E-state index in [-0.39, 0.29) is 12.1 Å². The molecule has 20 heavy (non-hydrogen) atoms. The quantitative estimate of drug-likeness (QED) is 0.917. The van der Waals surface area contributed by atoms with Gasteiger partial charge in [0.05, 0.1) is 6.54 Å². The number of nitrogens with zero attached hydrogens (tertiary/aromatic N) is 1. The first kappa shape index (κ1) is 13.6. The van der Waals surface area contributed by atoms with Crippen molar-refractivity contribution >= 4 is 5.91 Å². The van der Waals surface area contributed by atoms with Crippen molar-refractivity contribution in [1.29, 1.82) is 0 Å². The predicted molar refractivity (Wildman–Crippen MR) is 80.0 cm³/mol. The van der Waals surface area contributed by atoms with E-state index < -0.39 is 0 Å². The van der Waals surface area contributed by atoms with Crippen LogP contribution >= 0.6 is 0 Å². The Bertz CT molecular complexity index is 459. The second-order valence-electron chi connectivity index (χ2n) is 6.26. The van der Waals surface area contributed by atoms with Gasteiger partial charge in [0.25, 0.3) is 0 Å². The zero-order valence-corrected chi connectivity index (χ0v) is 12.2. The van der Waals surface area contributed by atoms with Crippen molar-refractivity contribution in [2.75, 3.05) is 13.1 Å². The molecule has 2 fully saturated rings. The molecule has 3 unspecified atom stereocenters. The van der Waals surface area contributed by atoms with Crippen LogP contribution in [-0.4, -0.2) is 23.9 Å². The first-order valence-electron chi connectivity index (χ1n) is 7.83. The van der Waals surface area contributed by atoms with Crippen molar-refractivity contribution in [2.45, 2.75) is 38.8 Å². The summed E-state index contributed by atoms with van der Waals surface area (Å²) in [4.78, 5) is 14.3. The van der Waals surface area contributed by atoms with Crippen LogP contribution in [0.1, 0.15) is 44.3 Å². The normalized spacial score (nSPS) is 30.8. The van der Waals surface area contributed by atoms with Gasteiger partial charge in [0.1, 0.15) is 6.17 Å². The minimum atomic E-state index is 0.0674. The SMILES string of the molecule is CC1CCCCC1CN1C(=O)CNC1c1ccccc1. The number of hydrogen-bond acceptors (Lipinski definition) is 2. The van der Waals surface area contributed by atoms with Gasteiger partial charge in [0.15, 0.2) is 0 Å². The maximum absolute atomic E-state index is 12.2. The molecule has 1 aromatic rings. The van der Waals surface area contributed by atoms with Crippen LogP contribution in [0.2, 0.25) is 0 Å². The van der Waals surface area contributed by atoms with Gasteiger partial charge in [-0.25, -0.2) is 0 Å². The second kappa shape index (κ2) is 5.96. The van der Waals surface area contributed by atoms with Gasteiger partial charge in [0.2, 0.25) is 5.91 Å². The van der Waals surface area contributed by atoms with Crippen molar-refractivity contribution in [2.24, 2.45) is 11.8 Å². The average molecular weight is 272 g/mol. The fourth-order valence-electron chi connectivity index (χ4n) is 3.60. The summed E-state index contributed by atoms with van der Waals surface area (Å²) in [5.74, 6) is 1.66. The predicted octanol–water partition coefficient (Wildman–Crippen LogP) is 2.94. The summed E-state index contributed by atoms with van der Waals surface area (Å²) in [5.41, 5.74) is 1.20. The Morgan fingerprint density at radius 1 is 1.20 bits per heavy atom. The minimum absolute atomic E-state index is 0.0674. The maximum Gasteiger partial charge on any atom is 0.238 e. The summed E-state index contributed by atoms with van der Waals surface area (Å²) in [6.07, 6.45) is 5.33. The monoisotopic (exact) mass is 272 g/mol. The van der Waals surface area contributed by atoms with E-state index in [4.69, 9.17) is 0 Å². The van der Waals surface area contributed by atoms with Gasteiger partial charge >= 0.3 is 0 Å². The van der Waals surface area contributed by atoms with Crippen LogP contribution in [0.4, 0.5) is 0 Å². The Morgan fingerprint density at radius 3 is 2.70 bits per heavy atom. The third-order valence-electron chi connectivity index (χ3n) is 4.91. The molecule has 0 bridgehead atoms. The molecule has 1 N–H and O–H groups in total. The molecule has 1 heterocycles. The molecule has 1 aliphatic carbocycles. The van der Waals surface area contributed by atoms with E-state index in [0.29, 0.717) is 12.5 Å². The molecule has 1 amide bonds. The van der Waals surface area contributed by atoms with Crippen molar-refractivity contribution < 1.29 is 4.79 Å². The Labute approximate surface area is 121 Å². The molecular weight excluding hydrogens is 248 g/mol. The number of benzene rings is 1. The fraction of sp³-hybridized carbons (Fsp3) is 0.588. The number of amides is 1. The number of carbonyl (C=O) groups excluding carboxylic acids is 1. The van der Waals surface area contributed by atoms with Crippen molar-refractivity contribution in [3.05, 3.63) is 35.9 Å². The van der Waals surface area contributed by atoms with Gasteiger partial charge < -0.3 is 4.90 Å². The molecule has 3 heteroatoms. The average Bonchev–Trinajstić information content (AvgIpc) is 2.84. The highest BCUT2D eigenvalue weighted by Crippen LogP contribution is 2.33. The van der Waals surface area contributed by atoms with Crippen LogP contribution in [-0.2, 0) is 4.79 Å². The van der Waals surface area contributed by atoms with E-state index in [2.05, 4.69) is 29.3 Å². The van der Waals surface area contributed by atoms with Crippen molar-refractivity contribution in [1.82, 2.24) is 10.2 Å². The number of hydrogen-bond donors (Lipinski definition) is 1. The third kappa shape index (κ3) is 2.73. The van der Waals surface area contributed by atoms with E-state index in [1.165, 1.54) is 31.2 Å². The molecule has 0 radical (unpaired) electrons. The summed E-state index contributed by atoms with van der Waals surface area (Å²) in [6, 6.07) is 10.3. The highest BCUT2D eigenvalue weighted by molar-refractivity contribution is 5.81. The second-order valence-corrected chi connectivity index (χ2v) is 6.26. The Morgan fingerprint density at radius 2 is 1.95 bits per heavy atom. The lowest BCUT2D eigenvalue weighted by atomic mass is 9.80. The summed E-state index contributed by atoms with van der Waals surface area (Å²) >= 11 is 0. The molecule has 1 aliphatic heterocycles. The highest BCUT2D eigenvalue weighted by atomic mass is 16.2. The van der Waals surface area contributed by atoms with E-state index in [1.54, 1.807) is 0 Å². The van der Waals surface area contributed by atoms with Crippen LogP contribution < -0.4 is 5.32 Å². The lowest BCUT2D eigenvalue weighted by molar-refractivity contribution is -0.129. The molecule has 0 spiro atoms. The van der Waals surface area contributed by atoms with E-state index >= 15 is 0 Å². The molecule has 3 atom stereocenters. The third-order valence-corrected chi connectivity index (χ3v) is 4.91. The van der Waals surface area contributed by atoms with Crippen molar-refractivity contribution in [3.63, 3.8) is 0 Å². The summed E-state index contributed by atoms with van der Waals surface area (Å²) in [7, 11) is 0. The van der Waals surface area contributed by atoms with Crippen LogP contribution in [0.5, 0.6) is 0 Å². The Hall–Kier alpha value is -1.35. The first-order valence-corrected chi connectivity index (χ1v) is 7.83. The number of nitrogens with one attached hydrogen (secondary N) is 1. The Balaban J connectivity index is 1.74. The molecule has 3 nitrogen and oxygen atoms in total. The van der Waals surface area contributed by atoms with E-state index in [1.807, 2.05) is 18.2 Å². The smallest absolute Gasteiger partial charge is 0.238 e. The van der Waals surface area contributed by atoms with E-state index in [9.17, 15) is 4.79 Å². The summed E-state index contributed by atoms with van der Waals surface area (Å²) in [6.45, 7) is 3.72.